The van der Waals surface area contributed by atoms with Crippen LogP contribution in [0.3, 0.4) is 0 Å². The summed E-state index contributed by atoms with van der Waals surface area (Å²) >= 11 is 0. The van der Waals surface area contributed by atoms with Crippen LogP contribution in [0.25, 0.3) is 0 Å². The van der Waals surface area contributed by atoms with E-state index in [4.69, 9.17) is 0 Å². The summed E-state index contributed by atoms with van der Waals surface area (Å²) in [4.78, 5) is 43.5. The molecule has 144 valence electrons. The van der Waals surface area contributed by atoms with E-state index in [9.17, 15) is 14.4 Å². The van der Waals surface area contributed by atoms with Crippen LogP contribution in [0.1, 0.15) is 48.9 Å². The molecular weight excluding hydrogens is 342 g/mol. The number of carbonyl (C=O) groups is 3. The smallest absolute Gasteiger partial charge is 0.327 e. The maximum absolute atomic E-state index is 13.2. The highest BCUT2D eigenvalue weighted by Gasteiger charge is 2.57. The molecule has 1 aromatic carbocycles. The quantitative estimate of drug-likeness (QED) is 0.770. The van der Waals surface area contributed by atoms with E-state index >= 15 is 0 Å². The van der Waals surface area contributed by atoms with Crippen molar-refractivity contribution in [2.45, 2.75) is 44.1 Å². The van der Waals surface area contributed by atoms with Crippen LogP contribution >= 0.6 is 0 Å². The van der Waals surface area contributed by atoms with Crippen molar-refractivity contribution < 1.29 is 14.4 Å². The molecule has 3 aliphatic rings. The van der Waals surface area contributed by atoms with Crippen LogP contribution < -0.4 is 0 Å². The average molecular weight is 369 g/mol. The molecule has 1 saturated carbocycles. The second-order valence-corrected chi connectivity index (χ2v) is 8.10. The van der Waals surface area contributed by atoms with Gasteiger partial charge in [0.05, 0.1) is 0 Å². The molecule has 1 spiro atoms. The second-order valence-electron chi connectivity index (χ2n) is 8.10. The molecule has 0 aromatic heterocycles. The van der Waals surface area contributed by atoms with Gasteiger partial charge in [0.25, 0.3) is 11.8 Å². The predicted molar refractivity (Wildman–Crippen MR) is 101 cm³/mol. The summed E-state index contributed by atoms with van der Waals surface area (Å²) in [5, 5.41) is 0. The van der Waals surface area contributed by atoms with Crippen molar-refractivity contribution >= 4 is 17.8 Å². The van der Waals surface area contributed by atoms with Gasteiger partial charge in [-0.15, -0.1) is 0 Å². The van der Waals surface area contributed by atoms with E-state index in [-0.39, 0.29) is 17.8 Å². The number of rotatable bonds is 3. The average Bonchev–Trinajstić information content (AvgIpc) is 3.28. The van der Waals surface area contributed by atoms with Gasteiger partial charge in [-0.1, -0.05) is 31.0 Å². The number of piperidine rings is 1. The Morgan fingerprint density at radius 2 is 1.70 bits per heavy atom. The van der Waals surface area contributed by atoms with E-state index in [0.717, 1.165) is 12.8 Å². The predicted octanol–water partition coefficient (Wildman–Crippen LogP) is 2.75. The van der Waals surface area contributed by atoms with Gasteiger partial charge in [0.1, 0.15) is 5.54 Å². The third-order valence-corrected chi connectivity index (χ3v) is 6.62. The molecule has 6 nitrogen and oxygen atoms in total. The summed E-state index contributed by atoms with van der Waals surface area (Å²) in [6.07, 6.45) is 5.61. The third-order valence-electron chi connectivity index (χ3n) is 6.62. The first-order valence-corrected chi connectivity index (χ1v) is 9.97. The van der Waals surface area contributed by atoms with Crippen LogP contribution in [0.4, 0.5) is 4.79 Å². The Balaban J connectivity index is 1.45. The van der Waals surface area contributed by atoms with E-state index in [1.165, 1.54) is 17.7 Å². The highest BCUT2D eigenvalue weighted by Crippen LogP contribution is 2.38. The number of hydrogen-bond acceptors (Lipinski definition) is 3. The Hall–Kier alpha value is -2.37. The molecule has 27 heavy (non-hydrogen) atoms. The highest BCUT2D eigenvalue weighted by atomic mass is 16.2. The molecule has 2 saturated heterocycles. The number of amides is 4. The van der Waals surface area contributed by atoms with Gasteiger partial charge in [-0.25, -0.2) is 4.79 Å². The topological polar surface area (TPSA) is 60.9 Å². The van der Waals surface area contributed by atoms with Crippen molar-refractivity contribution in [3.05, 3.63) is 35.9 Å². The Kier molecular flexibility index (Phi) is 4.66. The maximum atomic E-state index is 13.2. The minimum atomic E-state index is -0.775. The first-order valence-electron chi connectivity index (χ1n) is 9.97. The lowest BCUT2D eigenvalue weighted by Crippen LogP contribution is -2.56. The summed E-state index contributed by atoms with van der Waals surface area (Å²) in [5.41, 5.74) is -0.109. The fourth-order valence-electron chi connectivity index (χ4n) is 4.85. The molecule has 0 atom stereocenters. The lowest BCUT2D eigenvalue weighted by Gasteiger charge is -2.40. The zero-order valence-corrected chi connectivity index (χ0v) is 15.9. The van der Waals surface area contributed by atoms with Crippen LogP contribution in [-0.4, -0.2) is 64.8 Å². The highest BCUT2D eigenvalue weighted by molar-refractivity contribution is 6.07. The summed E-state index contributed by atoms with van der Waals surface area (Å²) in [7, 11) is 1.74. The van der Waals surface area contributed by atoms with Gasteiger partial charge in [0.2, 0.25) is 0 Å². The van der Waals surface area contributed by atoms with E-state index < -0.39 is 5.54 Å². The summed E-state index contributed by atoms with van der Waals surface area (Å²) in [5.74, 6) is 0.377. The van der Waals surface area contributed by atoms with Crippen molar-refractivity contribution in [2.75, 3.05) is 26.7 Å². The van der Waals surface area contributed by atoms with Crippen LogP contribution in [0.15, 0.2) is 30.3 Å². The normalized spacial score (nSPS) is 22.9. The van der Waals surface area contributed by atoms with E-state index in [0.29, 0.717) is 44.0 Å². The number of likely N-dealkylation sites (tertiary alicyclic amines) is 1. The summed E-state index contributed by atoms with van der Waals surface area (Å²) in [6, 6.07) is 9.05. The van der Waals surface area contributed by atoms with Crippen molar-refractivity contribution in [1.82, 2.24) is 14.7 Å². The fraction of sp³-hybridized carbons (Fsp3) is 0.571. The molecule has 0 radical (unpaired) electrons. The Morgan fingerprint density at radius 1 is 1.07 bits per heavy atom. The minimum Gasteiger partial charge on any atom is -0.338 e. The largest absolute Gasteiger partial charge is 0.338 e. The van der Waals surface area contributed by atoms with Gasteiger partial charge in [-0.2, -0.15) is 0 Å². The lowest BCUT2D eigenvalue weighted by molar-refractivity contribution is -0.135. The fourth-order valence-corrected chi connectivity index (χ4v) is 4.85. The van der Waals surface area contributed by atoms with Crippen LogP contribution in [0, 0.1) is 5.92 Å². The van der Waals surface area contributed by atoms with Crippen molar-refractivity contribution in [3.63, 3.8) is 0 Å². The first-order chi connectivity index (χ1) is 13.0. The minimum absolute atomic E-state index is 0.00677. The standard InChI is InChI=1S/C21H27N3O3/c1-22-20(27)24(15-16-7-5-6-8-16)19(26)21(22)11-13-23(14-12-21)18(25)17-9-3-2-4-10-17/h2-4,9-10,16H,5-8,11-15H2,1H3. The number of urea groups is 1. The maximum Gasteiger partial charge on any atom is 0.327 e. The SMILES string of the molecule is CN1C(=O)N(CC2CCCC2)C(=O)C12CCN(C(=O)c1ccccc1)CC2. The van der Waals surface area contributed by atoms with Crippen molar-refractivity contribution in [1.29, 1.82) is 0 Å². The molecule has 1 aliphatic carbocycles. The van der Waals surface area contributed by atoms with Gasteiger partial charge < -0.3 is 9.80 Å². The molecule has 1 aromatic rings. The molecule has 0 N–H and O–H groups in total. The van der Waals surface area contributed by atoms with Crippen LogP contribution in [0.5, 0.6) is 0 Å². The first kappa shape index (κ1) is 18.0. The lowest BCUT2D eigenvalue weighted by atomic mass is 9.86. The van der Waals surface area contributed by atoms with Gasteiger partial charge in [-0.05, 0) is 43.7 Å². The van der Waals surface area contributed by atoms with Gasteiger partial charge in [0.15, 0.2) is 0 Å². The molecule has 0 unspecified atom stereocenters. The molecule has 2 aliphatic heterocycles. The van der Waals surface area contributed by atoms with Gasteiger partial charge in [0, 0.05) is 32.2 Å². The molecule has 6 heteroatoms. The third kappa shape index (κ3) is 3.01. The molecule has 0 bridgehead atoms. The number of benzene rings is 1. The van der Waals surface area contributed by atoms with Crippen LogP contribution in [-0.2, 0) is 4.79 Å². The molecular formula is C21H27N3O3. The second kappa shape index (κ2) is 6.98. The summed E-state index contributed by atoms with van der Waals surface area (Å²) < 4.78 is 0. The Labute approximate surface area is 160 Å². The van der Waals surface area contributed by atoms with Gasteiger partial charge in [-0.3, -0.25) is 14.5 Å². The Morgan fingerprint density at radius 3 is 2.33 bits per heavy atom. The number of carbonyl (C=O) groups excluding carboxylic acids is 3. The van der Waals surface area contributed by atoms with Crippen LogP contribution in [0.2, 0.25) is 0 Å². The zero-order valence-electron chi connectivity index (χ0n) is 15.9. The van der Waals surface area contributed by atoms with E-state index in [2.05, 4.69) is 0 Å². The zero-order chi connectivity index (χ0) is 19.0. The number of nitrogens with zero attached hydrogens (tertiary/aromatic N) is 3. The van der Waals surface area contributed by atoms with E-state index in [1.807, 2.05) is 30.3 Å². The number of imide groups is 1. The molecule has 3 fully saturated rings. The van der Waals surface area contributed by atoms with Crippen molar-refractivity contribution in [2.24, 2.45) is 5.92 Å². The molecule has 4 amide bonds. The Bertz CT molecular complexity index is 734. The van der Waals surface area contributed by atoms with Crippen molar-refractivity contribution in [3.8, 4) is 0 Å². The number of likely N-dealkylation sites (N-methyl/N-ethyl adjacent to an activating group) is 1. The van der Waals surface area contributed by atoms with Gasteiger partial charge >= 0.3 is 6.03 Å². The number of hydrogen-bond donors (Lipinski definition) is 0. The summed E-state index contributed by atoms with van der Waals surface area (Å²) in [6.45, 7) is 1.54. The van der Waals surface area contributed by atoms with E-state index in [1.54, 1.807) is 16.8 Å². The molecule has 2 heterocycles. The molecule has 4 rings (SSSR count). The monoisotopic (exact) mass is 369 g/mol.